The zero-order valence-corrected chi connectivity index (χ0v) is 10.2. The summed E-state index contributed by atoms with van der Waals surface area (Å²) in [6, 6.07) is -0.486. The van der Waals surface area contributed by atoms with Gasteiger partial charge in [-0.15, -0.1) is 0 Å². The first-order chi connectivity index (χ1) is 7.81. The summed E-state index contributed by atoms with van der Waals surface area (Å²) < 4.78 is 14.6. The highest BCUT2D eigenvalue weighted by atomic mass is 16.7. The van der Waals surface area contributed by atoms with Gasteiger partial charge in [0.2, 0.25) is 0 Å². The summed E-state index contributed by atoms with van der Waals surface area (Å²) in [4.78, 5) is 22.4. The molecule has 17 heavy (non-hydrogen) atoms. The van der Waals surface area contributed by atoms with E-state index in [9.17, 15) is 9.59 Å². The van der Waals surface area contributed by atoms with Gasteiger partial charge in [-0.1, -0.05) is 6.58 Å². The van der Waals surface area contributed by atoms with E-state index >= 15 is 0 Å². The van der Waals surface area contributed by atoms with E-state index in [2.05, 4.69) is 16.6 Å². The van der Waals surface area contributed by atoms with Crippen molar-refractivity contribution in [1.82, 2.24) is 5.32 Å². The van der Waals surface area contributed by atoms with Gasteiger partial charge in [0.1, 0.15) is 24.4 Å². The third kappa shape index (κ3) is 4.34. The highest BCUT2D eigenvalue weighted by Gasteiger charge is 2.32. The van der Waals surface area contributed by atoms with Crippen molar-refractivity contribution in [1.29, 1.82) is 0 Å². The van der Waals surface area contributed by atoms with Crippen LogP contribution in [0.25, 0.3) is 0 Å². The van der Waals surface area contributed by atoms with Crippen LogP contribution in [0.5, 0.6) is 0 Å². The maximum absolute atomic E-state index is 11.5. The highest BCUT2D eigenvalue weighted by Crippen LogP contribution is 2.12. The van der Waals surface area contributed by atoms with E-state index in [0.717, 1.165) is 0 Å². The van der Waals surface area contributed by atoms with E-state index in [-0.39, 0.29) is 6.61 Å². The number of alkyl carbamates (subject to hydrolysis) is 1. The molecule has 0 aliphatic carbocycles. The minimum atomic E-state index is -0.767. The third-order valence-corrected chi connectivity index (χ3v) is 1.94. The SMILES string of the molecule is C=C[C@H]1OC(=O)OC[C@@H]1NC(=O)OC(C)(C)C. The Labute approximate surface area is 99.9 Å². The maximum Gasteiger partial charge on any atom is 0.509 e. The summed E-state index contributed by atoms with van der Waals surface area (Å²) in [5, 5.41) is 2.56. The van der Waals surface area contributed by atoms with Crippen molar-refractivity contribution < 1.29 is 23.8 Å². The minimum Gasteiger partial charge on any atom is -0.444 e. The van der Waals surface area contributed by atoms with E-state index in [0.29, 0.717) is 0 Å². The van der Waals surface area contributed by atoms with Crippen LogP contribution in [0.4, 0.5) is 9.59 Å². The Balaban J connectivity index is 2.52. The molecule has 0 bridgehead atoms. The fourth-order valence-corrected chi connectivity index (χ4v) is 1.28. The summed E-state index contributed by atoms with van der Waals surface area (Å²) in [5.74, 6) is 0. The molecule has 1 N–H and O–H groups in total. The van der Waals surface area contributed by atoms with Crippen LogP contribution >= 0.6 is 0 Å². The number of hydrogen-bond donors (Lipinski definition) is 1. The van der Waals surface area contributed by atoms with Gasteiger partial charge in [-0.25, -0.2) is 9.59 Å². The predicted octanol–water partition coefficient (Wildman–Crippen LogP) is 1.60. The molecule has 1 rings (SSSR count). The molecule has 96 valence electrons. The van der Waals surface area contributed by atoms with Gasteiger partial charge < -0.3 is 19.5 Å². The highest BCUT2D eigenvalue weighted by molar-refractivity contribution is 5.69. The standard InChI is InChI=1S/C11H17NO5/c1-5-8-7(6-15-10(14)16-8)12-9(13)17-11(2,3)4/h5,7-8H,1,6H2,2-4H3,(H,12,13)/t7-,8+/m0/s1. The smallest absolute Gasteiger partial charge is 0.444 e. The van der Waals surface area contributed by atoms with Gasteiger partial charge in [0, 0.05) is 0 Å². The first kappa shape index (κ1) is 13.3. The van der Waals surface area contributed by atoms with Gasteiger partial charge in [0.05, 0.1) is 0 Å². The maximum atomic E-state index is 11.5. The molecule has 1 aliphatic heterocycles. The first-order valence-electron chi connectivity index (χ1n) is 5.27. The Kier molecular flexibility index (Phi) is 3.98. The number of rotatable bonds is 2. The average molecular weight is 243 g/mol. The van der Waals surface area contributed by atoms with Crippen molar-refractivity contribution in [2.75, 3.05) is 6.61 Å². The van der Waals surface area contributed by atoms with Crippen LogP contribution in [-0.2, 0) is 14.2 Å². The fraction of sp³-hybridized carbons (Fsp3) is 0.636. The second kappa shape index (κ2) is 5.07. The van der Waals surface area contributed by atoms with Gasteiger partial charge in [-0.05, 0) is 26.8 Å². The Morgan fingerprint density at radius 3 is 2.76 bits per heavy atom. The summed E-state index contributed by atoms with van der Waals surface area (Å²) in [7, 11) is 0. The van der Waals surface area contributed by atoms with Crippen LogP contribution in [0.15, 0.2) is 12.7 Å². The molecule has 0 saturated carbocycles. The van der Waals surface area contributed by atoms with Crippen molar-refractivity contribution in [2.24, 2.45) is 0 Å². The van der Waals surface area contributed by atoms with Crippen LogP contribution < -0.4 is 5.32 Å². The second-order valence-corrected chi connectivity index (χ2v) is 4.63. The molecule has 1 aliphatic rings. The molecule has 0 aromatic carbocycles. The van der Waals surface area contributed by atoms with Gasteiger partial charge >= 0.3 is 12.2 Å². The molecule has 0 aromatic rings. The molecular weight excluding hydrogens is 226 g/mol. The normalized spacial score (nSPS) is 24.3. The zero-order valence-electron chi connectivity index (χ0n) is 10.2. The van der Waals surface area contributed by atoms with E-state index < -0.39 is 30.0 Å². The van der Waals surface area contributed by atoms with Crippen LogP contribution in [-0.4, -0.2) is 36.6 Å². The zero-order chi connectivity index (χ0) is 13.1. The lowest BCUT2D eigenvalue weighted by Crippen LogP contribution is -2.52. The lowest BCUT2D eigenvalue weighted by atomic mass is 10.1. The molecule has 2 atom stereocenters. The Bertz CT molecular complexity index is 320. The average Bonchev–Trinajstić information content (AvgIpc) is 2.17. The van der Waals surface area contributed by atoms with Crippen molar-refractivity contribution in [2.45, 2.75) is 38.5 Å². The molecule has 1 amide bonds. The number of hydrogen-bond acceptors (Lipinski definition) is 5. The van der Waals surface area contributed by atoms with Crippen molar-refractivity contribution in [3.05, 3.63) is 12.7 Å². The minimum absolute atomic E-state index is 0.0365. The van der Waals surface area contributed by atoms with Crippen molar-refractivity contribution >= 4 is 12.2 Å². The van der Waals surface area contributed by atoms with Gasteiger partial charge in [0.25, 0.3) is 0 Å². The molecule has 1 heterocycles. The summed E-state index contributed by atoms with van der Waals surface area (Å²) in [6.07, 6.45) is -0.528. The van der Waals surface area contributed by atoms with Crippen LogP contribution in [0.3, 0.4) is 0 Å². The van der Waals surface area contributed by atoms with Crippen LogP contribution in [0, 0.1) is 0 Å². The van der Waals surface area contributed by atoms with E-state index in [4.69, 9.17) is 9.47 Å². The van der Waals surface area contributed by atoms with Crippen molar-refractivity contribution in [3.63, 3.8) is 0 Å². The molecule has 0 radical (unpaired) electrons. The van der Waals surface area contributed by atoms with Gasteiger partial charge in [0.15, 0.2) is 0 Å². The lowest BCUT2D eigenvalue weighted by Gasteiger charge is -2.30. The largest absolute Gasteiger partial charge is 0.509 e. The fourth-order valence-electron chi connectivity index (χ4n) is 1.28. The Hall–Kier alpha value is -1.72. The molecule has 0 unspecified atom stereocenters. The number of carbonyl (C=O) groups is 2. The lowest BCUT2D eigenvalue weighted by molar-refractivity contribution is -0.0293. The molecule has 6 nitrogen and oxygen atoms in total. The Morgan fingerprint density at radius 1 is 1.59 bits per heavy atom. The number of carbonyl (C=O) groups excluding carboxylic acids is 2. The van der Waals surface area contributed by atoms with E-state index in [1.54, 1.807) is 20.8 Å². The third-order valence-electron chi connectivity index (χ3n) is 1.94. The summed E-state index contributed by atoms with van der Waals surface area (Å²) in [6.45, 7) is 8.84. The topological polar surface area (TPSA) is 73.9 Å². The molecule has 1 saturated heterocycles. The van der Waals surface area contributed by atoms with Crippen LogP contribution in [0.1, 0.15) is 20.8 Å². The number of ether oxygens (including phenoxy) is 3. The monoisotopic (exact) mass is 243 g/mol. The molecule has 0 spiro atoms. The molecule has 0 aromatic heterocycles. The number of cyclic esters (lactones) is 2. The van der Waals surface area contributed by atoms with Gasteiger partial charge in [-0.3, -0.25) is 0 Å². The first-order valence-corrected chi connectivity index (χ1v) is 5.27. The summed E-state index contributed by atoms with van der Waals surface area (Å²) in [5.41, 5.74) is -0.583. The number of nitrogens with one attached hydrogen (secondary N) is 1. The summed E-state index contributed by atoms with van der Waals surface area (Å²) >= 11 is 0. The Morgan fingerprint density at radius 2 is 2.24 bits per heavy atom. The van der Waals surface area contributed by atoms with Gasteiger partial charge in [-0.2, -0.15) is 0 Å². The number of amides is 1. The predicted molar refractivity (Wildman–Crippen MR) is 59.6 cm³/mol. The second-order valence-electron chi connectivity index (χ2n) is 4.63. The molecule has 6 heteroatoms. The quantitative estimate of drug-likeness (QED) is 0.589. The molecular formula is C11H17NO5. The van der Waals surface area contributed by atoms with E-state index in [1.807, 2.05) is 0 Å². The molecule has 1 fully saturated rings. The van der Waals surface area contributed by atoms with E-state index in [1.165, 1.54) is 6.08 Å². The van der Waals surface area contributed by atoms with Crippen molar-refractivity contribution in [3.8, 4) is 0 Å². The van der Waals surface area contributed by atoms with Crippen LogP contribution in [0.2, 0.25) is 0 Å².